The first-order chi connectivity index (χ1) is 5.89. The Morgan fingerprint density at radius 2 is 2.08 bits per heavy atom. The Hall–Kier alpha value is -0.773. The minimum absolute atomic E-state index is 0.118. The standard InChI is InChI=1S/C9H18O3Si/c1-5-6-7-13(3,4)12-8(2)9(10)11/h2,5-7H2,1,3-4H3,(H,10,11). The fraction of sp³-hybridized carbons (Fsp3) is 0.667. The van der Waals surface area contributed by atoms with Crippen LogP contribution in [-0.2, 0) is 9.22 Å². The van der Waals surface area contributed by atoms with Crippen LogP contribution in [0.2, 0.25) is 19.1 Å². The quantitative estimate of drug-likeness (QED) is 0.409. The first kappa shape index (κ1) is 12.2. The molecule has 0 aliphatic carbocycles. The zero-order valence-corrected chi connectivity index (χ0v) is 9.59. The lowest BCUT2D eigenvalue weighted by atomic mass is 10.4. The molecule has 0 saturated carbocycles. The van der Waals surface area contributed by atoms with Crippen LogP contribution in [0.4, 0.5) is 0 Å². The van der Waals surface area contributed by atoms with E-state index in [4.69, 9.17) is 9.53 Å². The molecule has 0 aromatic heterocycles. The molecule has 0 fully saturated rings. The van der Waals surface area contributed by atoms with Gasteiger partial charge in [0.15, 0.2) is 5.76 Å². The molecule has 3 nitrogen and oxygen atoms in total. The van der Waals surface area contributed by atoms with Gasteiger partial charge in [0.25, 0.3) is 0 Å². The smallest absolute Gasteiger partial charge is 0.369 e. The van der Waals surface area contributed by atoms with Crippen molar-refractivity contribution in [3.8, 4) is 0 Å². The van der Waals surface area contributed by atoms with E-state index >= 15 is 0 Å². The maximum absolute atomic E-state index is 10.4. The summed E-state index contributed by atoms with van der Waals surface area (Å²) in [6.45, 7) is 9.49. The van der Waals surface area contributed by atoms with Gasteiger partial charge in [-0.25, -0.2) is 4.79 Å². The Balaban J connectivity index is 4.00. The average Bonchev–Trinajstić information content (AvgIpc) is 2.00. The molecule has 0 aliphatic rings. The Morgan fingerprint density at radius 1 is 1.54 bits per heavy atom. The van der Waals surface area contributed by atoms with Crippen molar-refractivity contribution in [2.75, 3.05) is 0 Å². The summed E-state index contributed by atoms with van der Waals surface area (Å²) >= 11 is 0. The summed E-state index contributed by atoms with van der Waals surface area (Å²) < 4.78 is 5.35. The van der Waals surface area contributed by atoms with Crippen molar-refractivity contribution < 1.29 is 14.3 Å². The highest BCUT2D eigenvalue weighted by Crippen LogP contribution is 2.17. The Bertz CT molecular complexity index is 199. The van der Waals surface area contributed by atoms with E-state index in [1.54, 1.807) is 0 Å². The normalized spacial score (nSPS) is 11.0. The van der Waals surface area contributed by atoms with Crippen molar-refractivity contribution in [1.29, 1.82) is 0 Å². The van der Waals surface area contributed by atoms with E-state index in [0.717, 1.165) is 18.9 Å². The zero-order valence-electron chi connectivity index (χ0n) is 8.59. The molecule has 0 aromatic rings. The van der Waals surface area contributed by atoms with Gasteiger partial charge in [-0.2, -0.15) is 0 Å². The van der Waals surface area contributed by atoms with E-state index in [0.29, 0.717) is 0 Å². The number of hydrogen-bond donors (Lipinski definition) is 1. The maximum atomic E-state index is 10.4. The highest BCUT2D eigenvalue weighted by atomic mass is 28.4. The third-order valence-electron chi connectivity index (χ3n) is 1.77. The molecule has 0 aromatic carbocycles. The topological polar surface area (TPSA) is 46.5 Å². The molecule has 0 spiro atoms. The van der Waals surface area contributed by atoms with Gasteiger partial charge in [0, 0.05) is 0 Å². The molecule has 76 valence electrons. The van der Waals surface area contributed by atoms with Crippen LogP contribution in [0.1, 0.15) is 19.8 Å². The van der Waals surface area contributed by atoms with Gasteiger partial charge in [0.1, 0.15) is 0 Å². The van der Waals surface area contributed by atoms with Crippen molar-refractivity contribution in [3.63, 3.8) is 0 Å². The van der Waals surface area contributed by atoms with Gasteiger partial charge >= 0.3 is 5.97 Å². The van der Waals surface area contributed by atoms with Crippen molar-refractivity contribution in [1.82, 2.24) is 0 Å². The number of carboxylic acids is 1. The summed E-state index contributed by atoms with van der Waals surface area (Å²) in [6, 6.07) is 0.982. The Kier molecular flexibility index (Phi) is 4.76. The fourth-order valence-corrected chi connectivity index (χ4v) is 3.09. The maximum Gasteiger partial charge on any atom is 0.369 e. The van der Waals surface area contributed by atoms with E-state index in [9.17, 15) is 4.79 Å². The van der Waals surface area contributed by atoms with Gasteiger partial charge in [0.2, 0.25) is 8.32 Å². The van der Waals surface area contributed by atoms with Crippen LogP contribution >= 0.6 is 0 Å². The fourth-order valence-electron chi connectivity index (χ4n) is 1.03. The van der Waals surface area contributed by atoms with Gasteiger partial charge in [-0.3, -0.25) is 0 Å². The molecule has 0 amide bonds. The van der Waals surface area contributed by atoms with Crippen molar-refractivity contribution in [2.24, 2.45) is 0 Å². The van der Waals surface area contributed by atoms with Crippen LogP contribution in [0.25, 0.3) is 0 Å². The molecule has 0 rings (SSSR count). The Morgan fingerprint density at radius 3 is 2.46 bits per heavy atom. The highest BCUT2D eigenvalue weighted by Gasteiger charge is 2.25. The number of carbonyl (C=O) groups is 1. The summed E-state index contributed by atoms with van der Waals surface area (Å²) in [5, 5.41) is 8.57. The minimum atomic E-state index is -1.83. The summed E-state index contributed by atoms with van der Waals surface area (Å²) in [5.74, 6) is -1.18. The van der Waals surface area contributed by atoms with Gasteiger partial charge < -0.3 is 9.53 Å². The third kappa shape index (κ3) is 5.46. The lowest BCUT2D eigenvalue weighted by molar-refractivity contribution is -0.135. The lowest BCUT2D eigenvalue weighted by Crippen LogP contribution is -2.31. The van der Waals surface area contributed by atoms with Crippen LogP contribution in [0.5, 0.6) is 0 Å². The number of carboxylic acid groups (broad SMARTS) is 1. The molecule has 13 heavy (non-hydrogen) atoms. The first-order valence-corrected chi connectivity index (χ1v) is 7.62. The summed E-state index contributed by atoms with van der Waals surface area (Å²) in [5.41, 5.74) is 0. The van der Waals surface area contributed by atoms with Gasteiger partial charge in [-0.15, -0.1) is 0 Å². The summed E-state index contributed by atoms with van der Waals surface area (Å²) in [4.78, 5) is 10.4. The summed E-state index contributed by atoms with van der Waals surface area (Å²) in [7, 11) is -1.83. The van der Waals surface area contributed by atoms with E-state index < -0.39 is 14.3 Å². The average molecular weight is 202 g/mol. The third-order valence-corrected chi connectivity index (χ3v) is 4.13. The van der Waals surface area contributed by atoms with E-state index in [1.807, 2.05) is 13.1 Å². The largest absolute Gasteiger partial charge is 0.540 e. The van der Waals surface area contributed by atoms with Crippen LogP contribution < -0.4 is 0 Å². The predicted molar refractivity (Wildman–Crippen MR) is 55.1 cm³/mol. The van der Waals surface area contributed by atoms with Crippen LogP contribution in [0, 0.1) is 0 Å². The van der Waals surface area contributed by atoms with Crippen molar-refractivity contribution in [3.05, 3.63) is 12.3 Å². The lowest BCUT2D eigenvalue weighted by Gasteiger charge is -2.23. The van der Waals surface area contributed by atoms with E-state index in [-0.39, 0.29) is 5.76 Å². The molecular formula is C9H18O3Si. The van der Waals surface area contributed by atoms with Crippen LogP contribution in [-0.4, -0.2) is 19.4 Å². The molecule has 0 bridgehead atoms. The summed E-state index contributed by atoms with van der Waals surface area (Å²) in [6.07, 6.45) is 2.20. The van der Waals surface area contributed by atoms with Gasteiger partial charge in [0.05, 0.1) is 0 Å². The molecule has 4 heteroatoms. The molecule has 0 heterocycles. The molecule has 0 saturated heterocycles. The van der Waals surface area contributed by atoms with Crippen molar-refractivity contribution >= 4 is 14.3 Å². The Labute approximate surface area is 80.5 Å². The SMILES string of the molecule is C=C(O[Si](C)(C)CCCC)C(=O)O. The molecule has 0 atom stereocenters. The van der Waals surface area contributed by atoms with E-state index in [1.165, 1.54) is 0 Å². The highest BCUT2D eigenvalue weighted by molar-refractivity contribution is 6.71. The zero-order chi connectivity index (χ0) is 10.5. The number of hydrogen-bond acceptors (Lipinski definition) is 2. The monoisotopic (exact) mass is 202 g/mol. The van der Waals surface area contributed by atoms with Gasteiger partial charge in [-0.1, -0.05) is 26.3 Å². The van der Waals surface area contributed by atoms with Crippen LogP contribution in [0.15, 0.2) is 12.3 Å². The number of aliphatic carboxylic acids is 1. The second kappa shape index (κ2) is 5.06. The van der Waals surface area contributed by atoms with Crippen molar-refractivity contribution in [2.45, 2.75) is 38.9 Å². The number of unbranched alkanes of at least 4 members (excludes halogenated alkanes) is 1. The first-order valence-electron chi connectivity index (χ1n) is 4.50. The second-order valence-corrected chi connectivity index (χ2v) is 7.92. The van der Waals surface area contributed by atoms with E-state index in [2.05, 4.69) is 13.5 Å². The van der Waals surface area contributed by atoms with Crippen LogP contribution in [0.3, 0.4) is 0 Å². The molecular weight excluding hydrogens is 184 g/mol. The second-order valence-electron chi connectivity index (χ2n) is 3.69. The van der Waals surface area contributed by atoms with Gasteiger partial charge in [-0.05, 0) is 19.1 Å². The molecule has 1 N–H and O–H groups in total. The predicted octanol–water partition coefficient (Wildman–Crippen LogP) is 2.61. The molecule has 0 radical (unpaired) electrons. The molecule has 0 aliphatic heterocycles. The molecule has 0 unspecified atom stereocenters. The minimum Gasteiger partial charge on any atom is -0.540 e. The number of rotatable bonds is 6.